The fraction of sp³-hybridized carbons (Fsp3) is 0.150. The van der Waals surface area contributed by atoms with Crippen LogP contribution in [0.3, 0.4) is 0 Å². The van der Waals surface area contributed by atoms with Crippen LogP contribution < -0.4 is 9.47 Å². The number of fused-ring (bicyclic) bond motifs is 1. The monoisotopic (exact) mass is 432 g/mol. The number of thioether (sulfide) groups is 1. The van der Waals surface area contributed by atoms with E-state index in [-0.39, 0.29) is 10.9 Å². The fourth-order valence-electron chi connectivity index (χ4n) is 2.65. The fourth-order valence-corrected chi connectivity index (χ4v) is 3.40. The number of nitrogens with zero attached hydrogens (tertiary/aromatic N) is 3. The average molecular weight is 432 g/mol. The number of aromatic amines is 1. The molecule has 0 aliphatic heterocycles. The first-order valence-electron chi connectivity index (χ1n) is 8.75. The molecule has 1 N–H and O–H groups in total. The largest absolute Gasteiger partial charge is 0.481 e. The predicted octanol–water partition coefficient (Wildman–Crippen LogP) is 5.46. The number of aromatic nitrogens is 4. The van der Waals surface area contributed by atoms with Crippen LogP contribution in [0, 0.1) is 0 Å². The van der Waals surface area contributed by atoms with E-state index in [0.717, 1.165) is 17.3 Å². The van der Waals surface area contributed by atoms with E-state index in [4.69, 9.17) is 9.47 Å². The van der Waals surface area contributed by atoms with Gasteiger partial charge >= 0.3 is 6.18 Å². The summed E-state index contributed by atoms with van der Waals surface area (Å²) in [6.45, 7) is 0. The Hall–Kier alpha value is -3.27. The SMILES string of the molecule is COc1cc(SCc2nc3cc(Oc4ccccc4)ccc3[nH]2)nc(C(F)(F)F)n1. The molecule has 10 heteroatoms. The zero-order chi connectivity index (χ0) is 21.1. The highest BCUT2D eigenvalue weighted by molar-refractivity contribution is 7.98. The molecule has 2 aromatic heterocycles. The van der Waals surface area contributed by atoms with Crippen LogP contribution >= 0.6 is 11.8 Å². The second-order valence-corrected chi connectivity index (χ2v) is 7.13. The second kappa shape index (κ2) is 8.23. The Morgan fingerprint density at radius 2 is 1.77 bits per heavy atom. The number of nitrogens with one attached hydrogen (secondary N) is 1. The normalized spacial score (nSPS) is 11.6. The minimum Gasteiger partial charge on any atom is -0.481 e. The molecule has 2 aromatic carbocycles. The zero-order valence-corrected chi connectivity index (χ0v) is 16.4. The van der Waals surface area contributed by atoms with Gasteiger partial charge in [-0.05, 0) is 24.3 Å². The third-order valence-corrected chi connectivity index (χ3v) is 4.90. The number of imidazole rings is 1. The van der Waals surface area contributed by atoms with Gasteiger partial charge in [-0.3, -0.25) is 0 Å². The summed E-state index contributed by atoms with van der Waals surface area (Å²) >= 11 is 1.10. The van der Waals surface area contributed by atoms with E-state index in [1.54, 1.807) is 6.07 Å². The molecule has 0 atom stereocenters. The highest BCUT2D eigenvalue weighted by atomic mass is 32.2. The summed E-state index contributed by atoms with van der Waals surface area (Å²) in [6, 6.07) is 16.2. The maximum Gasteiger partial charge on any atom is 0.451 e. The number of para-hydroxylation sites is 1. The third-order valence-electron chi connectivity index (χ3n) is 3.98. The summed E-state index contributed by atoms with van der Waals surface area (Å²) in [7, 11) is 1.26. The lowest BCUT2D eigenvalue weighted by atomic mass is 10.3. The van der Waals surface area contributed by atoms with Gasteiger partial charge < -0.3 is 14.5 Å². The minimum absolute atomic E-state index is 0.141. The van der Waals surface area contributed by atoms with Crippen molar-refractivity contribution in [3.8, 4) is 17.4 Å². The van der Waals surface area contributed by atoms with E-state index in [1.165, 1.54) is 13.2 Å². The molecule has 0 saturated heterocycles. The Balaban J connectivity index is 1.51. The highest BCUT2D eigenvalue weighted by Crippen LogP contribution is 2.31. The van der Waals surface area contributed by atoms with Gasteiger partial charge in [0.05, 0.1) is 23.9 Å². The van der Waals surface area contributed by atoms with E-state index in [2.05, 4.69) is 19.9 Å². The van der Waals surface area contributed by atoms with Crippen LogP contribution in [-0.4, -0.2) is 27.0 Å². The van der Waals surface area contributed by atoms with Crippen LogP contribution in [0.5, 0.6) is 17.4 Å². The molecule has 2 heterocycles. The smallest absolute Gasteiger partial charge is 0.451 e. The Morgan fingerprint density at radius 1 is 0.967 bits per heavy atom. The van der Waals surface area contributed by atoms with Gasteiger partial charge in [0, 0.05) is 12.1 Å². The first-order valence-corrected chi connectivity index (χ1v) is 9.74. The molecule has 0 radical (unpaired) electrons. The summed E-state index contributed by atoms with van der Waals surface area (Å²) in [5, 5.41) is 0.141. The van der Waals surface area contributed by atoms with Gasteiger partial charge in [-0.2, -0.15) is 18.2 Å². The van der Waals surface area contributed by atoms with Gasteiger partial charge in [0.2, 0.25) is 11.7 Å². The van der Waals surface area contributed by atoms with Gasteiger partial charge in [-0.15, -0.1) is 0 Å². The Morgan fingerprint density at radius 3 is 2.50 bits per heavy atom. The summed E-state index contributed by atoms with van der Waals surface area (Å²) < 4.78 is 49.5. The summed E-state index contributed by atoms with van der Waals surface area (Å²) in [4.78, 5) is 14.6. The molecule has 0 bridgehead atoms. The van der Waals surface area contributed by atoms with E-state index in [9.17, 15) is 13.2 Å². The molecule has 4 aromatic rings. The number of H-pyrrole nitrogens is 1. The number of benzene rings is 2. The average Bonchev–Trinajstić information content (AvgIpc) is 3.14. The quantitative estimate of drug-likeness (QED) is 0.322. The van der Waals surface area contributed by atoms with Crippen LogP contribution in [0.1, 0.15) is 11.6 Å². The minimum atomic E-state index is -4.65. The molecule has 0 aliphatic carbocycles. The number of ether oxygens (including phenoxy) is 2. The summed E-state index contributed by atoms with van der Waals surface area (Å²) in [6.07, 6.45) is -4.65. The molecule has 0 amide bonds. The maximum absolute atomic E-state index is 13.0. The highest BCUT2D eigenvalue weighted by Gasteiger charge is 2.35. The van der Waals surface area contributed by atoms with Crippen LogP contribution in [-0.2, 0) is 11.9 Å². The topological polar surface area (TPSA) is 72.9 Å². The van der Waals surface area contributed by atoms with E-state index in [1.807, 2.05) is 42.5 Å². The van der Waals surface area contributed by atoms with Crippen molar-refractivity contribution in [3.05, 3.63) is 66.2 Å². The summed E-state index contributed by atoms with van der Waals surface area (Å²) in [5.41, 5.74) is 1.48. The van der Waals surface area contributed by atoms with Crippen molar-refractivity contribution >= 4 is 22.8 Å². The molecule has 30 heavy (non-hydrogen) atoms. The Bertz CT molecular complexity index is 1170. The van der Waals surface area contributed by atoms with Crippen molar-refractivity contribution in [1.82, 2.24) is 19.9 Å². The number of methoxy groups -OCH3 is 1. The molecule has 6 nitrogen and oxygen atoms in total. The maximum atomic E-state index is 13.0. The van der Waals surface area contributed by atoms with Gasteiger partial charge in [-0.25, -0.2) is 9.97 Å². The standard InChI is InChI=1S/C20H15F3N4O2S/c1-28-17-10-18(27-19(26-17)20(21,22)23)30-11-16-24-14-8-7-13(9-15(14)25-16)29-12-5-3-2-4-6-12/h2-10H,11H2,1H3,(H,24,25). The molecule has 154 valence electrons. The number of hydrogen-bond donors (Lipinski definition) is 1. The Kier molecular flexibility index (Phi) is 5.49. The molecule has 0 saturated carbocycles. The molecular weight excluding hydrogens is 417 g/mol. The van der Waals surface area contributed by atoms with Gasteiger partial charge in [0.1, 0.15) is 22.3 Å². The lowest BCUT2D eigenvalue weighted by Gasteiger charge is -2.08. The van der Waals surface area contributed by atoms with Gasteiger partial charge in [0.15, 0.2) is 0 Å². The van der Waals surface area contributed by atoms with Crippen molar-refractivity contribution < 1.29 is 22.6 Å². The van der Waals surface area contributed by atoms with Crippen LogP contribution in [0.25, 0.3) is 11.0 Å². The molecular formula is C20H15F3N4O2S. The van der Waals surface area contributed by atoms with Gasteiger partial charge in [-0.1, -0.05) is 30.0 Å². The lowest BCUT2D eigenvalue weighted by molar-refractivity contribution is -0.145. The van der Waals surface area contributed by atoms with Crippen LogP contribution in [0.4, 0.5) is 13.2 Å². The molecule has 0 fully saturated rings. The van der Waals surface area contributed by atoms with Gasteiger partial charge in [0.25, 0.3) is 0 Å². The van der Waals surface area contributed by atoms with E-state index in [0.29, 0.717) is 28.6 Å². The lowest BCUT2D eigenvalue weighted by Crippen LogP contribution is -2.12. The predicted molar refractivity (Wildman–Crippen MR) is 106 cm³/mol. The molecule has 0 unspecified atom stereocenters. The van der Waals surface area contributed by atoms with Crippen molar-refractivity contribution in [3.63, 3.8) is 0 Å². The van der Waals surface area contributed by atoms with Crippen molar-refractivity contribution in [1.29, 1.82) is 0 Å². The zero-order valence-electron chi connectivity index (χ0n) is 15.6. The number of halogens is 3. The van der Waals surface area contributed by atoms with Crippen molar-refractivity contribution in [2.75, 3.05) is 7.11 Å². The van der Waals surface area contributed by atoms with E-state index >= 15 is 0 Å². The molecule has 4 rings (SSSR count). The summed E-state index contributed by atoms with van der Waals surface area (Å²) in [5.74, 6) is 0.846. The number of rotatable bonds is 6. The Labute approximate surface area is 173 Å². The van der Waals surface area contributed by atoms with E-state index < -0.39 is 12.0 Å². The number of alkyl halides is 3. The first kappa shape index (κ1) is 20.0. The molecule has 0 spiro atoms. The van der Waals surface area contributed by atoms with Crippen LogP contribution in [0.2, 0.25) is 0 Å². The number of hydrogen-bond acceptors (Lipinski definition) is 6. The van der Waals surface area contributed by atoms with Crippen LogP contribution in [0.15, 0.2) is 59.6 Å². The second-order valence-electron chi connectivity index (χ2n) is 6.14. The van der Waals surface area contributed by atoms with Crippen molar-refractivity contribution in [2.24, 2.45) is 0 Å². The van der Waals surface area contributed by atoms with Crippen molar-refractivity contribution in [2.45, 2.75) is 17.0 Å². The molecule has 0 aliphatic rings. The third kappa shape index (κ3) is 4.65. The first-order chi connectivity index (χ1) is 14.4.